The average Bonchev–Trinajstić information content (AvgIpc) is 2.27. The van der Waals surface area contributed by atoms with E-state index in [0.29, 0.717) is 0 Å². The van der Waals surface area contributed by atoms with Crippen LogP contribution in [-0.4, -0.2) is 4.87 Å². The number of halogens is 2. The van der Waals surface area contributed by atoms with Crippen LogP contribution >= 0.6 is 23.2 Å². The summed E-state index contributed by atoms with van der Waals surface area (Å²) in [4.78, 5) is -0.0498. The Hall–Kier alpha value is 0.320. The minimum absolute atomic E-state index is 0.0498. The van der Waals surface area contributed by atoms with Gasteiger partial charge in [-0.05, 0) is 44.1 Å². The molecule has 0 amide bonds. The molecular weight excluding hydrogens is 203 g/mol. The van der Waals surface area contributed by atoms with Crippen molar-refractivity contribution in [2.45, 2.75) is 56.2 Å². The van der Waals surface area contributed by atoms with Gasteiger partial charge in [0.05, 0.1) is 4.87 Å². The maximum atomic E-state index is 6.63. The Labute approximate surface area is 90.3 Å². The van der Waals surface area contributed by atoms with E-state index in [-0.39, 0.29) is 4.87 Å². The summed E-state index contributed by atoms with van der Waals surface area (Å²) in [5, 5.41) is 1.07. The van der Waals surface area contributed by atoms with Crippen molar-refractivity contribution in [3.05, 3.63) is 10.6 Å². The number of allylic oxidation sites excluding steroid dienone is 2. The van der Waals surface area contributed by atoms with Gasteiger partial charge in [0.1, 0.15) is 0 Å². The highest BCUT2D eigenvalue weighted by molar-refractivity contribution is 6.32. The number of alkyl halides is 1. The largest absolute Gasteiger partial charge is 0.114 e. The zero-order valence-corrected chi connectivity index (χ0v) is 9.42. The van der Waals surface area contributed by atoms with E-state index in [1.165, 1.54) is 31.3 Å². The zero-order valence-electron chi connectivity index (χ0n) is 7.91. The van der Waals surface area contributed by atoms with Crippen LogP contribution in [0.15, 0.2) is 10.6 Å². The molecule has 13 heavy (non-hydrogen) atoms. The third kappa shape index (κ3) is 1.89. The second kappa shape index (κ2) is 3.82. The lowest BCUT2D eigenvalue weighted by molar-refractivity contribution is 0.502. The first-order valence-electron chi connectivity index (χ1n) is 5.29. The molecule has 0 N–H and O–H groups in total. The smallest absolute Gasteiger partial charge is 0.0669 e. The highest BCUT2D eigenvalue weighted by Gasteiger charge is 2.36. The highest BCUT2D eigenvalue weighted by atomic mass is 35.5. The maximum absolute atomic E-state index is 6.63. The minimum atomic E-state index is -0.0498. The van der Waals surface area contributed by atoms with Crippen LogP contribution in [0.2, 0.25) is 0 Å². The number of hydrogen-bond acceptors (Lipinski definition) is 0. The van der Waals surface area contributed by atoms with Crippen molar-refractivity contribution < 1.29 is 0 Å². The first kappa shape index (κ1) is 9.86. The van der Waals surface area contributed by atoms with Gasteiger partial charge in [0.2, 0.25) is 0 Å². The first-order chi connectivity index (χ1) is 6.22. The van der Waals surface area contributed by atoms with Crippen LogP contribution < -0.4 is 0 Å². The fraction of sp³-hybridized carbons (Fsp3) is 0.818. The molecule has 74 valence electrons. The van der Waals surface area contributed by atoms with Crippen molar-refractivity contribution in [1.82, 2.24) is 0 Å². The molecule has 0 spiro atoms. The van der Waals surface area contributed by atoms with Crippen molar-refractivity contribution in [3.63, 3.8) is 0 Å². The van der Waals surface area contributed by atoms with E-state index in [9.17, 15) is 0 Å². The third-order valence-corrected chi connectivity index (χ3v) is 4.36. The van der Waals surface area contributed by atoms with Crippen molar-refractivity contribution >= 4 is 23.2 Å². The third-order valence-electron chi connectivity index (χ3n) is 3.34. The Morgan fingerprint density at radius 3 is 2.54 bits per heavy atom. The lowest BCUT2D eigenvalue weighted by Gasteiger charge is -2.33. The Bertz CT molecular complexity index is 232. The van der Waals surface area contributed by atoms with Gasteiger partial charge in [0.25, 0.3) is 0 Å². The molecule has 1 fully saturated rings. The Balaban J connectivity index is 2.30. The van der Waals surface area contributed by atoms with Gasteiger partial charge in [-0.2, -0.15) is 0 Å². The summed E-state index contributed by atoms with van der Waals surface area (Å²) in [6.45, 7) is 0. The van der Waals surface area contributed by atoms with Gasteiger partial charge in [0.15, 0.2) is 0 Å². The Morgan fingerprint density at radius 1 is 0.923 bits per heavy atom. The molecule has 1 unspecified atom stereocenters. The monoisotopic (exact) mass is 218 g/mol. The summed E-state index contributed by atoms with van der Waals surface area (Å²) in [7, 11) is 0. The van der Waals surface area contributed by atoms with E-state index in [4.69, 9.17) is 23.2 Å². The van der Waals surface area contributed by atoms with Gasteiger partial charge in [-0.15, -0.1) is 11.6 Å². The molecule has 0 heterocycles. The van der Waals surface area contributed by atoms with E-state index in [1.54, 1.807) is 0 Å². The molecule has 1 atom stereocenters. The lowest BCUT2D eigenvalue weighted by Crippen LogP contribution is -2.27. The van der Waals surface area contributed by atoms with Crippen molar-refractivity contribution in [3.8, 4) is 0 Å². The van der Waals surface area contributed by atoms with Crippen LogP contribution in [-0.2, 0) is 0 Å². The zero-order chi connectivity index (χ0) is 9.31. The summed E-state index contributed by atoms with van der Waals surface area (Å²) in [5.41, 5.74) is 1.37. The molecule has 0 aromatic rings. The summed E-state index contributed by atoms with van der Waals surface area (Å²) < 4.78 is 0. The molecule has 2 rings (SSSR count). The van der Waals surface area contributed by atoms with Gasteiger partial charge in [0, 0.05) is 5.03 Å². The predicted octanol–water partition coefficient (Wildman–Crippen LogP) is 4.60. The molecule has 0 nitrogen and oxygen atoms in total. The van der Waals surface area contributed by atoms with Gasteiger partial charge in [-0.3, -0.25) is 0 Å². The van der Waals surface area contributed by atoms with E-state index in [1.807, 2.05) is 0 Å². The molecule has 2 aliphatic rings. The van der Waals surface area contributed by atoms with E-state index in [2.05, 4.69) is 0 Å². The fourth-order valence-corrected chi connectivity index (χ4v) is 3.52. The van der Waals surface area contributed by atoms with Crippen LogP contribution in [0.1, 0.15) is 51.4 Å². The summed E-state index contributed by atoms with van der Waals surface area (Å²) in [5.74, 6) is 0. The van der Waals surface area contributed by atoms with Crippen LogP contribution in [0.3, 0.4) is 0 Å². The van der Waals surface area contributed by atoms with Crippen molar-refractivity contribution in [2.24, 2.45) is 0 Å². The van der Waals surface area contributed by atoms with Gasteiger partial charge in [-0.25, -0.2) is 0 Å². The van der Waals surface area contributed by atoms with Crippen LogP contribution in [0.4, 0.5) is 0 Å². The molecule has 0 radical (unpaired) electrons. The molecule has 0 aromatic heterocycles. The van der Waals surface area contributed by atoms with Crippen molar-refractivity contribution in [1.29, 1.82) is 0 Å². The number of rotatable bonds is 0. The molecular formula is C11H16Cl2. The molecule has 2 aliphatic carbocycles. The quantitative estimate of drug-likeness (QED) is 0.522. The number of hydrogen-bond donors (Lipinski definition) is 0. The van der Waals surface area contributed by atoms with Crippen LogP contribution in [0.5, 0.6) is 0 Å². The second-order valence-electron chi connectivity index (χ2n) is 4.26. The Morgan fingerprint density at radius 2 is 1.69 bits per heavy atom. The topological polar surface area (TPSA) is 0 Å². The molecule has 0 aliphatic heterocycles. The first-order valence-corrected chi connectivity index (χ1v) is 6.05. The summed E-state index contributed by atoms with van der Waals surface area (Å²) in [6.07, 6.45) is 9.53. The molecule has 0 bridgehead atoms. The average molecular weight is 219 g/mol. The summed E-state index contributed by atoms with van der Waals surface area (Å²) >= 11 is 12.9. The normalized spacial score (nSPS) is 35.5. The maximum Gasteiger partial charge on any atom is 0.0669 e. The second-order valence-corrected chi connectivity index (χ2v) is 5.44. The standard InChI is InChI=1S/C11H16Cl2/c12-10-6-4-8-11(13)7-3-1-2-5-9(10)11/h1-8H2. The molecule has 0 aromatic carbocycles. The molecule has 2 heteroatoms. The van der Waals surface area contributed by atoms with Crippen molar-refractivity contribution in [2.75, 3.05) is 0 Å². The van der Waals surface area contributed by atoms with E-state index >= 15 is 0 Å². The predicted molar refractivity (Wildman–Crippen MR) is 58.4 cm³/mol. The highest BCUT2D eigenvalue weighted by Crippen LogP contribution is 2.47. The van der Waals surface area contributed by atoms with Crippen LogP contribution in [0.25, 0.3) is 0 Å². The fourth-order valence-electron chi connectivity index (χ4n) is 2.59. The minimum Gasteiger partial charge on any atom is -0.114 e. The summed E-state index contributed by atoms with van der Waals surface area (Å²) in [6, 6.07) is 0. The number of fused-ring (bicyclic) bond motifs is 1. The van der Waals surface area contributed by atoms with Gasteiger partial charge in [-0.1, -0.05) is 24.4 Å². The molecule has 0 saturated heterocycles. The Kier molecular flexibility index (Phi) is 2.90. The van der Waals surface area contributed by atoms with Gasteiger partial charge >= 0.3 is 0 Å². The lowest BCUT2D eigenvalue weighted by atomic mass is 9.83. The van der Waals surface area contributed by atoms with Crippen LogP contribution in [0, 0.1) is 0 Å². The molecule has 1 saturated carbocycles. The van der Waals surface area contributed by atoms with E-state index < -0.39 is 0 Å². The van der Waals surface area contributed by atoms with Gasteiger partial charge < -0.3 is 0 Å². The SMILES string of the molecule is ClC1=C2CCCCCC2(Cl)CCC1. The van der Waals surface area contributed by atoms with E-state index in [0.717, 1.165) is 30.7 Å².